The minimum Gasteiger partial charge on any atom is -0.294 e. The highest BCUT2D eigenvalue weighted by atomic mass is 79.9. The zero-order chi connectivity index (χ0) is 13.6. The fraction of sp³-hybridized carbons (Fsp3) is 0.562. The van der Waals surface area contributed by atoms with Gasteiger partial charge in [-0.1, -0.05) is 67.0 Å². The van der Waals surface area contributed by atoms with Crippen LogP contribution in [0.5, 0.6) is 0 Å². The normalized spacial score (nSPS) is 13.3. The van der Waals surface area contributed by atoms with Crippen LogP contribution in [0.2, 0.25) is 0 Å². The summed E-state index contributed by atoms with van der Waals surface area (Å²) in [6.07, 6.45) is 2.76. The van der Waals surface area contributed by atoms with E-state index in [4.69, 9.17) is 0 Å². The first-order valence-corrected chi connectivity index (χ1v) is 7.71. The highest BCUT2D eigenvalue weighted by Gasteiger charge is 2.24. The molecule has 1 unspecified atom stereocenters. The van der Waals surface area contributed by atoms with Crippen molar-refractivity contribution in [3.8, 4) is 0 Å². The van der Waals surface area contributed by atoms with Gasteiger partial charge in [-0.3, -0.25) is 4.79 Å². The van der Waals surface area contributed by atoms with Crippen LogP contribution in [0.15, 0.2) is 30.3 Å². The number of alkyl halides is 1. The second-order valence-corrected chi connectivity index (χ2v) is 6.66. The van der Waals surface area contributed by atoms with Crippen molar-refractivity contribution in [2.24, 2.45) is 11.3 Å². The molecule has 0 aliphatic heterocycles. The number of hydrogen-bond donors (Lipinski definition) is 0. The predicted molar refractivity (Wildman–Crippen MR) is 81.4 cm³/mol. The van der Waals surface area contributed by atoms with E-state index in [0.717, 1.165) is 23.7 Å². The van der Waals surface area contributed by atoms with Crippen molar-refractivity contribution in [3.05, 3.63) is 35.9 Å². The Morgan fingerprint density at radius 2 is 1.78 bits per heavy atom. The molecule has 0 N–H and O–H groups in total. The zero-order valence-electron chi connectivity index (χ0n) is 11.6. The lowest BCUT2D eigenvalue weighted by Gasteiger charge is -2.30. The lowest BCUT2D eigenvalue weighted by Crippen LogP contribution is -2.22. The summed E-state index contributed by atoms with van der Waals surface area (Å²) in [5, 5.41) is 1.01. The fourth-order valence-electron chi connectivity index (χ4n) is 2.22. The summed E-state index contributed by atoms with van der Waals surface area (Å²) in [6.45, 7) is 6.77. The van der Waals surface area contributed by atoms with E-state index >= 15 is 0 Å². The summed E-state index contributed by atoms with van der Waals surface area (Å²) in [4.78, 5) is 12.1. The molecule has 0 amide bonds. The molecule has 1 nitrogen and oxygen atoms in total. The Labute approximate surface area is 119 Å². The van der Waals surface area contributed by atoms with Gasteiger partial charge in [0.15, 0.2) is 5.78 Å². The molecule has 2 heteroatoms. The summed E-state index contributed by atoms with van der Waals surface area (Å²) < 4.78 is 0. The Bertz CT molecular complexity index is 364. The Morgan fingerprint density at radius 3 is 2.28 bits per heavy atom. The smallest absolute Gasteiger partial charge is 0.162 e. The van der Waals surface area contributed by atoms with Gasteiger partial charge >= 0.3 is 0 Å². The van der Waals surface area contributed by atoms with E-state index in [-0.39, 0.29) is 11.2 Å². The van der Waals surface area contributed by atoms with Gasteiger partial charge in [0.1, 0.15) is 0 Å². The van der Waals surface area contributed by atoms with Crippen LogP contribution in [0.3, 0.4) is 0 Å². The molecule has 0 spiro atoms. The second kappa shape index (κ2) is 7.08. The molecule has 100 valence electrons. The maximum atomic E-state index is 12.1. The molecule has 0 radical (unpaired) electrons. The lowest BCUT2D eigenvalue weighted by molar-refractivity contribution is 0.0959. The van der Waals surface area contributed by atoms with E-state index in [0.29, 0.717) is 12.3 Å². The monoisotopic (exact) mass is 310 g/mol. The molecule has 0 aliphatic carbocycles. The Morgan fingerprint density at radius 1 is 1.17 bits per heavy atom. The third kappa shape index (κ3) is 4.93. The van der Waals surface area contributed by atoms with E-state index in [1.165, 1.54) is 0 Å². The van der Waals surface area contributed by atoms with Gasteiger partial charge in [-0.2, -0.15) is 0 Å². The number of carbonyl (C=O) groups is 1. The minimum absolute atomic E-state index is 0.263. The number of ketones is 1. The van der Waals surface area contributed by atoms with Crippen molar-refractivity contribution in [1.82, 2.24) is 0 Å². The molecule has 0 saturated heterocycles. The van der Waals surface area contributed by atoms with Crippen molar-refractivity contribution in [2.45, 2.75) is 40.0 Å². The first-order valence-electron chi connectivity index (χ1n) is 6.59. The molecule has 0 aliphatic rings. The largest absolute Gasteiger partial charge is 0.294 e. The summed E-state index contributed by atoms with van der Waals surface area (Å²) in [6, 6.07) is 9.59. The summed E-state index contributed by atoms with van der Waals surface area (Å²) >= 11 is 3.51. The average molecular weight is 311 g/mol. The Balaban J connectivity index is 2.55. The van der Waals surface area contributed by atoms with Gasteiger partial charge in [0.05, 0.1) is 0 Å². The molecular formula is C16H23BrO. The summed E-state index contributed by atoms with van der Waals surface area (Å²) in [7, 11) is 0. The Hall–Kier alpha value is -0.630. The van der Waals surface area contributed by atoms with Crippen molar-refractivity contribution >= 4 is 21.7 Å². The average Bonchev–Trinajstić information content (AvgIpc) is 2.33. The van der Waals surface area contributed by atoms with Crippen LogP contribution in [-0.4, -0.2) is 11.1 Å². The molecule has 1 aromatic carbocycles. The molecule has 0 aromatic heterocycles. The van der Waals surface area contributed by atoms with Crippen LogP contribution in [0.1, 0.15) is 50.4 Å². The molecule has 0 saturated carbocycles. The van der Waals surface area contributed by atoms with Crippen LogP contribution < -0.4 is 0 Å². The number of carbonyl (C=O) groups excluding carboxylic acids is 1. The summed E-state index contributed by atoms with van der Waals surface area (Å²) in [5.41, 5.74) is 1.11. The number of rotatable bonds is 6. The summed E-state index contributed by atoms with van der Waals surface area (Å²) in [5.74, 6) is 0.851. The number of halogens is 1. The topological polar surface area (TPSA) is 17.1 Å². The van der Waals surface area contributed by atoms with Gasteiger partial charge < -0.3 is 0 Å². The van der Waals surface area contributed by atoms with Crippen molar-refractivity contribution in [2.75, 3.05) is 5.33 Å². The van der Waals surface area contributed by atoms with Gasteiger partial charge in [-0.15, -0.1) is 0 Å². The van der Waals surface area contributed by atoms with Gasteiger partial charge in [0.25, 0.3) is 0 Å². The van der Waals surface area contributed by atoms with Crippen LogP contribution in [0, 0.1) is 11.3 Å². The fourth-order valence-corrected chi connectivity index (χ4v) is 2.77. The van der Waals surface area contributed by atoms with Crippen LogP contribution in [-0.2, 0) is 0 Å². The minimum atomic E-state index is 0.263. The van der Waals surface area contributed by atoms with E-state index in [9.17, 15) is 4.79 Å². The first kappa shape index (κ1) is 15.4. The van der Waals surface area contributed by atoms with Crippen molar-refractivity contribution in [1.29, 1.82) is 0 Å². The molecule has 1 aromatic rings. The van der Waals surface area contributed by atoms with Gasteiger partial charge in [0, 0.05) is 17.3 Å². The number of Topliss-reactive ketones (excluding diaryl/α,β-unsaturated/α-hetero) is 1. The van der Waals surface area contributed by atoms with Crippen molar-refractivity contribution < 1.29 is 4.79 Å². The second-order valence-electron chi connectivity index (χ2n) is 5.87. The molecule has 0 bridgehead atoms. The highest BCUT2D eigenvalue weighted by molar-refractivity contribution is 9.09. The van der Waals surface area contributed by atoms with Crippen LogP contribution in [0.4, 0.5) is 0 Å². The standard InChI is InChI=1S/C16H23BrO/c1-16(2,3)14(11-12-17)9-10-15(18)13-7-5-4-6-8-13/h4-8,14H,9-12H2,1-3H3. The van der Waals surface area contributed by atoms with E-state index in [1.807, 2.05) is 30.3 Å². The molecule has 18 heavy (non-hydrogen) atoms. The predicted octanol–water partition coefficient (Wildman–Crippen LogP) is 5.10. The maximum absolute atomic E-state index is 12.1. The molecule has 1 atom stereocenters. The molecule has 1 rings (SSSR count). The van der Waals surface area contributed by atoms with Crippen LogP contribution >= 0.6 is 15.9 Å². The van der Waals surface area contributed by atoms with Gasteiger partial charge in [0.2, 0.25) is 0 Å². The van der Waals surface area contributed by atoms with E-state index in [2.05, 4.69) is 36.7 Å². The number of benzene rings is 1. The van der Waals surface area contributed by atoms with Gasteiger partial charge in [-0.25, -0.2) is 0 Å². The lowest BCUT2D eigenvalue weighted by atomic mass is 9.76. The van der Waals surface area contributed by atoms with Crippen molar-refractivity contribution in [3.63, 3.8) is 0 Å². The van der Waals surface area contributed by atoms with E-state index in [1.54, 1.807) is 0 Å². The highest BCUT2D eigenvalue weighted by Crippen LogP contribution is 2.33. The molecular weight excluding hydrogens is 288 g/mol. The first-order chi connectivity index (χ1) is 8.45. The third-order valence-electron chi connectivity index (χ3n) is 3.50. The third-order valence-corrected chi connectivity index (χ3v) is 3.96. The SMILES string of the molecule is CC(C)(C)C(CCBr)CCC(=O)c1ccccc1. The van der Waals surface area contributed by atoms with E-state index < -0.39 is 0 Å². The molecule has 0 heterocycles. The maximum Gasteiger partial charge on any atom is 0.162 e. The quantitative estimate of drug-likeness (QED) is 0.528. The van der Waals surface area contributed by atoms with Crippen LogP contribution in [0.25, 0.3) is 0 Å². The Kier molecular flexibility index (Phi) is 6.07. The van der Waals surface area contributed by atoms with Gasteiger partial charge in [-0.05, 0) is 24.2 Å². The molecule has 0 fully saturated rings. The number of hydrogen-bond acceptors (Lipinski definition) is 1. The zero-order valence-corrected chi connectivity index (χ0v) is 13.2.